The number of amides is 1. The molecule has 1 N–H and O–H groups in total. The van der Waals surface area contributed by atoms with E-state index >= 15 is 0 Å². The predicted molar refractivity (Wildman–Crippen MR) is 107 cm³/mol. The molecule has 1 amide bonds. The van der Waals surface area contributed by atoms with E-state index in [1.54, 1.807) is 35.0 Å². The number of nitrogens with one attached hydrogen (secondary N) is 1. The van der Waals surface area contributed by atoms with Crippen LogP contribution in [0.3, 0.4) is 0 Å². The van der Waals surface area contributed by atoms with Gasteiger partial charge in [0.25, 0.3) is 5.91 Å². The van der Waals surface area contributed by atoms with Crippen LogP contribution in [-0.4, -0.2) is 20.8 Å². The van der Waals surface area contributed by atoms with Crippen molar-refractivity contribution in [2.75, 3.05) is 5.32 Å². The second kappa shape index (κ2) is 7.71. The van der Waals surface area contributed by atoms with Crippen molar-refractivity contribution in [3.05, 3.63) is 89.0 Å². The molecule has 0 radical (unpaired) electrons. The Labute approximate surface area is 167 Å². The number of aryl methyl sites for hydroxylation is 2. The molecule has 2 heterocycles. The topological polar surface area (TPSA) is 73.0 Å². The highest BCUT2D eigenvalue weighted by atomic mass is 19.1. The molecule has 0 fully saturated rings. The molecular formula is C22H19FN4O2. The van der Waals surface area contributed by atoms with Gasteiger partial charge in [-0.15, -0.1) is 0 Å². The van der Waals surface area contributed by atoms with Crippen molar-refractivity contribution in [2.45, 2.75) is 20.4 Å². The number of anilines is 1. The van der Waals surface area contributed by atoms with Crippen LogP contribution >= 0.6 is 0 Å². The first kappa shape index (κ1) is 18.6. The Morgan fingerprint density at radius 3 is 2.62 bits per heavy atom. The van der Waals surface area contributed by atoms with Crippen LogP contribution < -0.4 is 5.32 Å². The standard InChI is InChI=1S/C22H19FN4O2/c1-14-7-9-16(10-8-14)20-12-19(26-29-20)22(28)24-21-11-15(2)27(25-21)13-17-5-3-4-6-18(17)23/h3-12H,13H2,1-2H3,(H,24,25,28). The summed E-state index contributed by atoms with van der Waals surface area (Å²) in [5, 5.41) is 10.9. The number of carbonyl (C=O) groups excluding carboxylic acids is 1. The first-order valence-corrected chi connectivity index (χ1v) is 9.12. The summed E-state index contributed by atoms with van der Waals surface area (Å²) in [4.78, 5) is 12.5. The van der Waals surface area contributed by atoms with E-state index in [1.165, 1.54) is 6.07 Å². The van der Waals surface area contributed by atoms with Gasteiger partial charge in [-0.2, -0.15) is 5.10 Å². The van der Waals surface area contributed by atoms with E-state index in [9.17, 15) is 9.18 Å². The minimum absolute atomic E-state index is 0.155. The number of halogens is 1. The molecule has 0 aliphatic rings. The molecular weight excluding hydrogens is 371 g/mol. The van der Waals surface area contributed by atoms with Crippen molar-refractivity contribution < 1.29 is 13.7 Å². The largest absolute Gasteiger partial charge is 0.355 e. The minimum atomic E-state index is -0.428. The summed E-state index contributed by atoms with van der Waals surface area (Å²) >= 11 is 0. The third-order valence-electron chi connectivity index (χ3n) is 4.58. The third-order valence-corrected chi connectivity index (χ3v) is 4.58. The van der Waals surface area contributed by atoms with Gasteiger partial charge in [0.05, 0.1) is 6.54 Å². The molecule has 0 saturated carbocycles. The Bertz CT molecular complexity index is 1160. The van der Waals surface area contributed by atoms with Crippen LogP contribution in [0.15, 0.2) is 65.2 Å². The van der Waals surface area contributed by atoms with Gasteiger partial charge in [-0.3, -0.25) is 9.48 Å². The van der Waals surface area contributed by atoms with E-state index in [2.05, 4.69) is 15.6 Å². The van der Waals surface area contributed by atoms with Gasteiger partial charge in [0.2, 0.25) is 0 Å². The van der Waals surface area contributed by atoms with Gasteiger partial charge >= 0.3 is 0 Å². The van der Waals surface area contributed by atoms with Crippen LogP contribution in [-0.2, 0) is 6.54 Å². The third kappa shape index (κ3) is 4.08. The molecule has 146 valence electrons. The summed E-state index contributed by atoms with van der Waals surface area (Å²) in [6.45, 7) is 4.11. The van der Waals surface area contributed by atoms with E-state index in [4.69, 9.17) is 4.52 Å². The highest BCUT2D eigenvalue weighted by Crippen LogP contribution is 2.21. The lowest BCUT2D eigenvalue weighted by Gasteiger charge is -2.05. The van der Waals surface area contributed by atoms with Gasteiger partial charge in [0, 0.05) is 29.0 Å². The molecule has 4 aromatic rings. The van der Waals surface area contributed by atoms with E-state index in [0.717, 1.165) is 16.8 Å². The zero-order valence-electron chi connectivity index (χ0n) is 16.0. The van der Waals surface area contributed by atoms with Crippen LogP contribution in [0.2, 0.25) is 0 Å². The summed E-state index contributed by atoms with van der Waals surface area (Å²) in [6, 6.07) is 17.6. The monoisotopic (exact) mass is 390 g/mol. The molecule has 0 unspecified atom stereocenters. The quantitative estimate of drug-likeness (QED) is 0.541. The molecule has 2 aromatic heterocycles. The van der Waals surface area contributed by atoms with Gasteiger partial charge in [-0.05, 0) is 19.9 Å². The predicted octanol–water partition coefficient (Wildman–Crippen LogP) is 4.59. The van der Waals surface area contributed by atoms with Crippen LogP contribution in [0.4, 0.5) is 10.2 Å². The molecule has 0 aliphatic heterocycles. The molecule has 6 nitrogen and oxygen atoms in total. The van der Waals surface area contributed by atoms with E-state index in [1.807, 2.05) is 38.1 Å². The van der Waals surface area contributed by atoms with Crippen LogP contribution in [0, 0.1) is 19.7 Å². The number of nitrogens with zero attached hydrogens (tertiary/aromatic N) is 3. The van der Waals surface area contributed by atoms with Gasteiger partial charge in [0.1, 0.15) is 5.82 Å². The van der Waals surface area contributed by atoms with Crippen molar-refractivity contribution in [2.24, 2.45) is 0 Å². The fourth-order valence-corrected chi connectivity index (χ4v) is 2.94. The van der Waals surface area contributed by atoms with Crippen LogP contribution in [0.25, 0.3) is 11.3 Å². The summed E-state index contributed by atoms with van der Waals surface area (Å²) < 4.78 is 20.8. The van der Waals surface area contributed by atoms with Crippen molar-refractivity contribution in [3.8, 4) is 11.3 Å². The molecule has 0 bridgehead atoms. The molecule has 4 rings (SSSR count). The Kier molecular flexibility index (Phi) is 4.95. The first-order valence-electron chi connectivity index (χ1n) is 9.12. The molecule has 0 saturated heterocycles. The minimum Gasteiger partial charge on any atom is -0.355 e. The summed E-state index contributed by atoms with van der Waals surface area (Å²) in [7, 11) is 0. The number of rotatable bonds is 5. The number of hydrogen-bond donors (Lipinski definition) is 1. The van der Waals surface area contributed by atoms with Gasteiger partial charge < -0.3 is 9.84 Å². The average Bonchev–Trinajstić information content (AvgIpc) is 3.32. The Hall–Kier alpha value is -3.74. The summed E-state index contributed by atoms with van der Waals surface area (Å²) in [5.41, 5.74) is 3.45. The zero-order valence-corrected chi connectivity index (χ0v) is 16.0. The number of hydrogen-bond acceptors (Lipinski definition) is 4. The maximum atomic E-state index is 13.9. The highest BCUT2D eigenvalue weighted by molar-refractivity contribution is 6.02. The second-order valence-electron chi connectivity index (χ2n) is 6.82. The van der Waals surface area contributed by atoms with Crippen molar-refractivity contribution >= 4 is 11.7 Å². The van der Waals surface area contributed by atoms with Crippen LogP contribution in [0.1, 0.15) is 27.3 Å². The van der Waals surface area contributed by atoms with Gasteiger partial charge in [0.15, 0.2) is 17.3 Å². The lowest BCUT2D eigenvalue weighted by Crippen LogP contribution is -2.13. The lowest BCUT2D eigenvalue weighted by molar-refractivity contribution is 0.101. The second-order valence-corrected chi connectivity index (χ2v) is 6.82. The van der Waals surface area contributed by atoms with E-state index in [-0.39, 0.29) is 18.1 Å². The maximum absolute atomic E-state index is 13.9. The molecule has 0 spiro atoms. The van der Waals surface area contributed by atoms with E-state index < -0.39 is 5.91 Å². The number of aromatic nitrogens is 3. The average molecular weight is 390 g/mol. The number of carbonyl (C=O) groups is 1. The van der Waals surface area contributed by atoms with Crippen LogP contribution in [0.5, 0.6) is 0 Å². The Morgan fingerprint density at radius 2 is 1.86 bits per heavy atom. The Morgan fingerprint density at radius 1 is 1.10 bits per heavy atom. The molecule has 0 aliphatic carbocycles. The maximum Gasteiger partial charge on any atom is 0.279 e. The molecule has 0 atom stereocenters. The molecule has 7 heteroatoms. The highest BCUT2D eigenvalue weighted by Gasteiger charge is 2.16. The van der Waals surface area contributed by atoms with Gasteiger partial charge in [-0.1, -0.05) is 53.2 Å². The molecule has 2 aromatic carbocycles. The van der Waals surface area contributed by atoms with Crippen molar-refractivity contribution in [1.82, 2.24) is 14.9 Å². The summed E-state index contributed by atoms with van der Waals surface area (Å²) in [5.74, 6) is 0.155. The van der Waals surface area contributed by atoms with Gasteiger partial charge in [-0.25, -0.2) is 4.39 Å². The SMILES string of the molecule is Cc1ccc(-c2cc(C(=O)Nc3cc(C)n(Cc4ccccc4F)n3)no2)cc1. The van der Waals surface area contributed by atoms with Crippen molar-refractivity contribution in [1.29, 1.82) is 0 Å². The smallest absolute Gasteiger partial charge is 0.279 e. The Balaban J connectivity index is 1.48. The summed E-state index contributed by atoms with van der Waals surface area (Å²) in [6.07, 6.45) is 0. The first-order chi connectivity index (χ1) is 14.0. The van der Waals surface area contributed by atoms with Crippen molar-refractivity contribution in [3.63, 3.8) is 0 Å². The normalized spacial score (nSPS) is 10.9. The number of benzene rings is 2. The lowest BCUT2D eigenvalue weighted by atomic mass is 10.1. The fourth-order valence-electron chi connectivity index (χ4n) is 2.94. The fraction of sp³-hybridized carbons (Fsp3) is 0.136. The molecule has 29 heavy (non-hydrogen) atoms. The zero-order chi connectivity index (χ0) is 20.4. The van der Waals surface area contributed by atoms with E-state index in [0.29, 0.717) is 17.1 Å².